The number of hydrogen-bond donors (Lipinski definition) is 2. The number of ether oxygens (including phenoxy) is 2. The van der Waals surface area contributed by atoms with Crippen LogP contribution in [0.1, 0.15) is 36.8 Å². The van der Waals surface area contributed by atoms with Gasteiger partial charge in [0.25, 0.3) is 0 Å². The van der Waals surface area contributed by atoms with Crippen molar-refractivity contribution in [2.24, 2.45) is 10.4 Å². The molecule has 2 fully saturated rings. The van der Waals surface area contributed by atoms with E-state index in [-0.39, 0.29) is 13.3 Å². The summed E-state index contributed by atoms with van der Waals surface area (Å²) in [6.45, 7) is 0.710. The van der Waals surface area contributed by atoms with Gasteiger partial charge in [-0.15, -0.1) is 9.81 Å². The minimum Gasteiger partial charge on any atom is -0.412 e. The molecule has 37 heavy (non-hydrogen) atoms. The lowest BCUT2D eigenvalue weighted by Gasteiger charge is -2.36. The smallest absolute Gasteiger partial charge is 0.328 e. The highest BCUT2D eigenvalue weighted by Gasteiger charge is 2.48. The number of benzene rings is 2. The number of hydrazine groups is 2. The van der Waals surface area contributed by atoms with E-state index < -0.39 is 29.8 Å². The minimum atomic E-state index is -1.87. The number of nitrogens with zero attached hydrogens (tertiary/aromatic N) is 4. The molecule has 0 radical (unpaired) electrons. The van der Waals surface area contributed by atoms with Gasteiger partial charge < -0.3 is 9.47 Å². The first kappa shape index (κ1) is 26.5. The predicted molar refractivity (Wildman–Crippen MR) is 133 cm³/mol. The van der Waals surface area contributed by atoms with Crippen LogP contribution in [0.25, 0.3) is 0 Å². The van der Waals surface area contributed by atoms with E-state index in [1.807, 2.05) is 12.1 Å². The molecule has 0 aromatic heterocycles. The fourth-order valence-electron chi connectivity index (χ4n) is 4.80. The van der Waals surface area contributed by atoms with Crippen LogP contribution in [0.2, 0.25) is 0 Å². The van der Waals surface area contributed by atoms with Crippen LogP contribution in [0.15, 0.2) is 71.0 Å². The second-order valence-corrected chi connectivity index (χ2v) is 8.78. The molecule has 0 aliphatic carbocycles. The van der Waals surface area contributed by atoms with Gasteiger partial charge in [0.1, 0.15) is 25.4 Å². The summed E-state index contributed by atoms with van der Waals surface area (Å²) in [5.74, 6) is -3.09. The van der Waals surface area contributed by atoms with Crippen molar-refractivity contribution >= 4 is 11.9 Å². The molecule has 2 unspecified atom stereocenters. The maximum Gasteiger partial charge on any atom is 0.328 e. The molecule has 12 heteroatoms. The summed E-state index contributed by atoms with van der Waals surface area (Å²) in [7, 11) is 0. The topological polar surface area (TPSA) is 142 Å². The van der Waals surface area contributed by atoms with E-state index in [4.69, 9.17) is 9.47 Å². The molecule has 2 aromatic carbocycles. The molecule has 0 bridgehead atoms. The maximum absolute atomic E-state index is 13.6. The monoisotopic (exact) mass is 510 g/mol. The first-order valence-corrected chi connectivity index (χ1v) is 12.2. The molecular weight excluding hydrogens is 480 g/mol. The van der Waals surface area contributed by atoms with Crippen molar-refractivity contribution in [2.75, 3.05) is 26.4 Å². The van der Waals surface area contributed by atoms with E-state index in [0.29, 0.717) is 49.9 Å². The molecular formula is C25H30N6O6. The maximum atomic E-state index is 13.6. The number of nitrogens with one attached hydrogen (secondary N) is 2. The largest absolute Gasteiger partial charge is 0.412 e. The van der Waals surface area contributed by atoms with Crippen molar-refractivity contribution in [2.45, 2.75) is 43.6 Å². The van der Waals surface area contributed by atoms with E-state index in [9.17, 15) is 19.4 Å². The lowest BCUT2D eigenvalue weighted by Crippen LogP contribution is -2.51. The first-order chi connectivity index (χ1) is 18.1. The summed E-state index contributed by atoms with van der Waals surface area (Å²) in [6.07, 6.45) is 2.42. The highest BCUT2D eigenvalue weighted by atomic mass is 16.7. The molecule has 2 aliphatic rings. The molecule has 2 aromatic rings. The molecule has 2 saturated heterocycles. The number of esters is 2. The number of hydrogen-bond acceptors (Lipinski definition) is 12. The zero-order valence-corrected chi connectivity index (χ0v) is 20.3. The molecule has 12 nitrogen and oxygen atoms in total. The number of nitroso groups, excluding NO2 is 2. The van der Waals surface area contributed by atoms with Gasteiger partial charge >= 0.3 is 17.7 Å². The van der Waals surface area contributed by atoms with E-state index in [1.165, 1.54) is 0 Å². The molecule has 2 N–H and O–H groups in total. The van der Waals surface area contributed by atoms with Crippen LogP contribution in [0.3, 0.4) is 0 Å². The predicted octanol–water partition coefficient (Wildman–Crippen LogP) is 2.36. The van der Waals surface area contributed by atoms with Gasteiger partial charge in [0.2, 0.25) is 0 Å². The SMILES string of the molecule is O=NCNN1CCCC1C(=O)OC(OC(=O)C1CCCN1NCN=O)(c1ccccc1)c1ccccc1. The van der Waals surface area contributed by atoms with Crippen LogP contribution >= 0.6 is 0 Å². The normalized spacial score (nSPS) is 20.4. The Labute approximate surface area is 214 Å². The van der Waals surface area contributed by atoms with E-state index >= 15 is 0 Å². The molecule has 0 amide bonds. The van der Waals surface area contributed by atoms with Gasteiger partial charge in [0, 0.05) is 24.2 Å². The van der Waals surface area contributed by atoms with Gasteiger partial charge in [-0.05, 0) is 25.7 Å². The Balaban J connectivity index is 1.70. The van der Waals surface area contributed by atoms with Crippen molar-refractivity contribution in [1.29, 1.82) is 0 Å². The third-order valence-corrected chi connectivity index (χ3v) is 6.52. The van der Waals surface area contributed by atoms with Crippen molar-refractivity contribution in [3.63, 3.8) is 0 Å². The highest BCUT2D eigenvalue weighted by molar-refractivity contribution is 5.79. The van der Waals surface area contributed by atoms with Crippen molar-refractivity contribution in [1.82, 2.24) is 20.9 Å². The summed E-state index contributed by atoms with van der Waals surface area (Å²) in [6, 6.07) is 16.2. The van der Waals surface area contributed by atoms with Crippen molar-refractivity contribution in [3.05, 3.63) is 81.6 Å². The fraction of sp³-hybridized carbons (Fsp3) is 0.440. The summed E-state index contributed by atoms with van der Waals surface area (Å²) in [4.78, 5) is 48.5. The number of carbonyl (C=O) groups excluding carboxylic acids is 2. The van der Waals surface area contributed by atoms with Crippen molar-refractivity contribution in [3.8, 4) is 0 Å². The lowest BCUT2D eigenvalue weighted by atomic mass is 9.96. The minimum absolute atomic E-state index is 0.179. The molecule has 196 valence electrons. The summed E-state index contributed by atoms with van der Waals surface area (Å²) in [5, 5.41) is 8.88. The third-order valence-electron chi connectivity index (χ3n) is 6.52. The third kappa shape index (κ3) is 6.05. The van der Waals surface area contributed by atoms with Crippen molar-refractivity contribution < 1.29 is 19.1 Å². The second kappa shape index (κ2) is 12.6. The van der Waals surface area contributed by atoms with Crippen LogP contribution in [0.5, 0.6) is 0 Å². The fourth-order valence-corrected chi connectivity index (χ4v) is 4.80. The Bertz CT molecular complexity index is 986. The molecule has 0 spiro atoms. The summed E-state index contributed by atoms with van der Waals surface area (Å²) in [5.41, 5.74) is 6.59. The Morgan fingerprint density at radius 3 is 1.54 bits per heavy atom. The number of carbonyl (C=O) groups is 2. The van der Waals surface area contributed by atoms with Crippen LogP contribution < -0.4 is 10.9 Å². The average molecular weight is 511 g/mol. The van der Waals surface area contributed by atoms with Crippen LogP contribution in [0.4, 0.5) is 0 Å². The quantitative estimate of drug-likeness (QED) is 0.248. The first-order valence-electron chi connectivity index (χ1n) is 12.2. The Morgan fingerprint density at radius 2 is 1.16 bits per heavy atom. The Hall–Kier alpha value is -3.58. The Morgan fingerprint density at radius 1 is 0.757 bits per heavy atom. The lowest BCUT2D eigenvalue weighted by molar-refractivity contribution is -0.225. The molecule has 0 saturated carbocycles. The van der Waals surface area contributed by atoms with Gasteiger partial charge in [0.15, 0.2) is 0 Å². The van der Waals surface area contributed by atoms with Gasteiger partial charge in [-0.2, -0.15) is 0 Å². The number of rotatable bonds is 12. The standard InChI is InChI=1S/C25H30N6O6/c32-23(21-13-7-15-30(21)26-17-28-34)36-25(19-9-3-1-4-10-19,20-11-5-2-6-12-20)37-24(33)22-14-8-16-31(22)27-18-29-35/h1-6,9-12,21-22,26-27H,7-8,13-18H2. The summed E-state index contributed by atoms with van der Waals surface area (Å²) < 4.78 is 12.3. The zero-order valence-electron chi connectivity index (χ0n) is 20.3. The zero-order chi connectivity index (χ0) is 26.1. The molecule has 2 heterocycles. The van der Waals surface area contributed by atoms with Crippen LogP contribution in [-0.4, -0.2) is 60.5 Å². The van der Waals surface area contributed by atoms with E-state index in [0.717, 1.165) is 0 Å². The van der Waals surface area contributed by atoms with Gasteiger partial charge in [-0.25, -0.2) is 20.9 Å². The van der Waals surface area contributed by atoms with Gasteiger partial charge in [-0.1, -0.05) is 71.0 Å². The van der Waals surface area contributed by atoms with E-state index in [1.54, 1.807) is 58.5 Å². The highest BCUT2D eigenvalue weighted by Crippen LogP contribution is 2.38. The van der Waals surface area contributed by atoms with Crippen LogP contribution in [0, 0.1) is 9.81 Å². The molecule has 2 aliphatic heterocycles. The molecule has 4 rings (SSSR count). The molecule has 2 atom stereocenters. The van der Waals surface area contributed by atoms with Crippen LogP contribution in [-0.2, 0) is 24.8 Å². The van der Waals surface area contributed by atoms with Gasteiger partial charge in [0.05, 0.1) is 0 Å². The van der Waals surface area contributed by atoms with Gasteiger partial charge in [-0.3, -0.25) is 9.59 Å². The average Bonchev–Trinajstić information content (AvgIpc) is 3.61. The summed E-state index contributed by atoms with van der Waals surface area (Å²) >= 11 is 0. The Kier molecular flexibility index (Phi) is 9.01. The second-order valence-electron chi connectivity index (χ2n) is 8.78. The van der Waals surface area contributed by atoms with E-state index in [2.05, 4.69) is 21.2 Å².